The van der Waals surface area contributed by atoms with Crippen LogP contribution in [0.2, 0.25) is 0 Å². The van der Waals surface area contributed by atoms with Gasteiger partial charge in [-0.05, 0) is 108 Å². The number of carbonyl (C=O) groups excluding carboxylic acids is 1. The lowest BCUT2D eigenvalue weighted by atomic mass is 9.54. The summed E-state index contributed by atoms with van der Waals surface area (Å²) in [6.45, 7) is 4.36. The van der Waals surface area contributed by atoms with Crippen molar-refractivity contribution in [2.45, 2.75) is 64.7 Å². The number of fused-ring (bicyclic) bond motifs is 5. The Labute approximate surface area is 213 Å². The van der Waals surface area contributed by atoms with Crippen LogP contribution in [-0.2, 0) is 16.1 Å². The van der Waals surface area contributed by atoms with E-state index < -0.39 is 0 Å². The molecule has 2 saturated carbocycles. The number of aromatic hydroxyl groups is 1. The molecular formula is C26H32BrN3O3S. The van der Waals surface area contributed by atoms with Crippen LogP contribution in [0.5, 0.6) is 5.75 Å². The zero-order chi connectivity index (χ0) is 24.0. The highest BCUT2D eigenvalue weighted by Gasteiger charge is 2.57. The maximum absolute atomic E-state index is 12.7. The molecule has 6 nitrogen and oxygen atoms in total. The molecule has 1 aromatic heterocycles. The second-order valence-corrected chi connectivity index (χ2v) is 12.4. The van der Waals surface area contributed by atoms with Gasteiger partial charge >= 0.3 is 0 Å². The fourth-order valence-electron chi connectivity index (χ4n) is 7.09. The van der Waals surface area contributed by atoms with Crippen LogP contribution < -0.4 is 5.32 Å². The number of carbonyl (C=O) groups is 1. The lowest BCUT2D eigenvalue weighted by molar-refractivity contribution is -0.116. The van der Waals surface area contributed by atoms with Gasteiger partial charge in [0, 0.05) is 22.9 Å². The number of phenolic OH excluding ortho intramolecular Hbond substituents is 1. The van der Waals surface area contributed by atoms with Crippen molar-refractivity contribution in [3.63, 3.8) is 0 Å². The molecule has 34 heavy (non-hydrogen) atoms. The van der Waals surface area contributed by atoms with E-state index in [1.54, 1.807) is 13.3 Å². The number of hydrogen-bond donors (Lipinski definition) is 2. The number of halogens is 1. The van der Waals surface area contributed by atoms with Crippen LogP contribution in [0.1, 0.15) is 67.4 Å². The van der Waals surface area contributed by atoms with Crippen LogP contribution in [-0.4, -0.2) is 28.8 Å². The third-order valence-electron chi connectivity index (χ3n) is 8.48. The summed E-state index contributed by atoms with van der Waals surface area (Å²) in [6, 6.07) is 4.08. The van der Waals surface area contributed by atoms with E-state index in [9.17, 15) is 9.90 Å². The van der Waals surface area contributed by atoms with Crippen LogP contribution in [0.15, 0.2) is 28.0 Å². The summed E-state index contributed by atoms with van der Waals surface area (Å²) in [5.74, 6) is 2.26. The van der Waals surface area contributed by atoms with Crippen molar-refractivity contribution in [1.29, 1.82) is 0 Å². The largest absolute Gasteiger partial charge is 0.507 e. The highest BCUT2D eigenvalue weighted by atomic mass is 79.9. The van der Waals surface area contributed by atoms with Gasteiger partial charge in [-0.15, -0.1) is 11.3 Å². The maximum Gasteiger partial charge on any atom is 0.226 e. The SMILES string of the molecule is CON=C1C[C@@H](CCC(=O)Nc2ncc(C)s2)C2C3CCc4cc(O)c(Br)cc4C3CC[C@]12C. The molecule has 0 bridgehead atoms. The molecule has 3 aliphatic rings. The molecular weight excluding hydrogens is 514 g/mol. The number of oxime groups is 1. The highest BCUT2D eigenvalue weighted by Crippen LogP contribution is 2.62. The van der Waals surface area contributed by atoms with Crippen molar-refractivity contribution in [3.05, 3.63) is 38.8 Å². The molecule has 5 atom stereocenters. The molecule has 0 saturated heterocycles. The number of hydrogen-bond acceptors (Lipinski definition) is 6. The summed E-state index contributed by atoms with van der Waals surface area (Å²) in [4.78, 5) is 23.4. The number of amides is 1. The minimum Gasteiger partial charge on any atom is -0.507 e. The number of nitrogens with one attached hydrogen (secondary N) is 1. The molecule has 1 heterocycles. The zero-order valence-corrected chi connectivity index (χ0v) is 22.3. The van der Waals surface area contributed by atoms with Crippen LogP contribution in [0.4, 0.5) is 5.13 Å². The Morgan fingerprint density at radius 1 is 1.41 bits per heavy atom. The molecule has 3 unspecified atom stereocenters. The predicted molar refractivity (Wildman–Crippen MR) is 138 cm³/mol. The fraction of sp³-hybridized carbons (Fsp3) is 0.577. The number of nitrogens with zero attached hydrogens (tertiary/aromatic N) is 2. The van der Waals surface area contributed by atoms with E-state index in [1.807, 2.05) is 13.0 Å². The van der Waals surface area contributed by atoms with Crippen molar-refractivity contribution in [2.24, 2.45) is 28.3 Å². The molecule has 2 fully saturated rings. The normalized spacial score (nSPS) is 31.0. The molecule has 0 spiro atoms. The topological polar surface area (TPSA) is 83.8 Å². The molecule has 1 aromatic carbocycles. The third kappa shape index (κ3) is 4.17. The first-order valence-electron chi connectivity index (χ1n) is 12.1. The Kier molecular flexibility index (Phi) is 6.48. The Morgan fingerprint density at radius 2 is 2.24 bits per heavy atom. The first-order valence-corrected chi connectivity index (χ1v) is 13.7. The van der Waals surface area contributed by atoms with E-state index in [-0.39, 0.29) is 11.3 Å². The summed E-state index contributed by atoms with van der Waals surface area (Å²) >= 11 is 5.04. The molecule has 182 valence electrons. The van der Waals surface area contributed by atoms with Crippen molar-refractivity contribution in [1.82, 2.24) is 4.98 Å². The smallest absolute Gasteiger partial charge is 0.226 e. The van der Waals surface area contributed by atoms with Crippen LogP contribution in [0, 0.1) is 30.1 Å². The number of aromatic nitrogens is 1. The zero-order valence-electron chi connectivity index (χ0n) is 19.9. The van der Waals surface area contributed by atoms with Crippen LogP contribution in [0.3, 0.4) is 0 Å². The van der Waals surface area contributed by atoms with Gasteiger partial charge in [0.05, 0.1) is 10.2 Å². The minimum atomic E-state index is 0.0103. The first-order chi connectivity index (χ1) is 16.3. The Balaban J connectivity index is 1.39. The number of benzene rings is 1. The molecule has 2 aromatic rings. The van der Waals surface area contributed by atoms with Gasteiger partial charge < -0.3 is 15.3 Å². The standard InChI is InChI=1S/C26H32BrN3O3S/c1-14-13-28-25(34-14)29-23(32)7-5-16-11-22(30-33-3)26(2)9-8-17-18(24(16)26)6-4-15-10-21(31)20(27)12-19(15)17/h10,12-13,16-18,24,31H,4-9,11H2,1-3H3,(H,28,29,32)/t16-,17?,18?,24?,26-/m1/s1. The quantitative estimate of drug-likeness (QED) is 0.424. The average Bonchev–Trinajstić information content (AvgIpc) is 3.33. The van der Waals surface area contributed by atoms with E-state index in [2.05, 4.69) is 44.4 Å². The van der Waals surface area contributed by atoms with Gasteiger partial charge in [-0.1, -0.05) is 12.1 Å². The highest BCUT2D eigenvalue weighted by molar-refractivity contribution is 9.10. The molecule has 5 rings (SSSR count). The van der Waals surface area contributed by atoms with E-state index in [0.717, 1.165) is 53.6 Å². The predicted octanol–water partition coefficient (Wildman–Crippen LogP) is 6.42. The summed E-state index contributed by atoms with van der Waals surface area (Å²) in [5, 5.41) is 18.4. The van der Waals surface area contributed by atoms with Gasteiger partial charge in [-0.2, -0.15) is 0 Å². The van der Waals surface area contributed by atoms with Gasteiger partial charge in [0.1, 0.15) is 12.9 Å². The van der Waals surface area contributed by atoms with E-state index in [4.69, 9.17) is 4.84 Å². The van der Waals surface area contributed by atoms with Gasteiger partial charge in [0.2, 0.25) is 5.91 Å². The number of phenols is 1. The molecule has 0 radical (unpaired) electrons. The second kappa shape index (κ2) is 9.26. The molecule has 8 heteroatoms. The molecule has 2 N–H and O–H groups in total. The summed E-state index contributed by atoms with van der Waals surface area (Å²) < 4.78 is 0.777. The van der Waals surface area contributed by atoms with Crippen molar-refractivity contribution >= 4 is 44.0 Å². The van der Waals surface area contributed by atoms with Crippen LogP contribution >= 0.6 is 27.3 Å². The minimum absolute atomic E-state index is 0.0103. The fourth-order valence-corrected chi connectivity index (χ4v) is 8.13. The average molecular weight is 547 g/mol. The second-order valence-electron chi connectivity index (χ2n) is 10.3. The third-order valence-corrected chi connectivity index (χ3v) is 9.94. The van der Waals surface area contributed by atoms with Gasteiger partial charge in [-0.25, -0.2) is 4.98 Å². The Morgan fingerprint density at radius 3 is 2.97 bits per heavy atom. The summed E-state index contributed by atoms with van der Waals surface area (Å²) in [7, 11) is 1.63. The van der Waals surface area contributed by atoms with E-state index in [0.29, 0.717) is 41.0 Å². The van der Waals surface area contributed by atoms with Crippen molar-refractivity contribution in [3.8, 4) is 5.75 Å². The van der Waals surface area contributed by atoms with Crippen molar-refractivity contribution < 1.29 is 14.7 Å². The monoisotopic (exact) mass is 545 g/mol. The van der Waals surface area contributed by atoms with Crippen LogP contribution in [0.25, 0.3) is 0 Å². The lowest BCUT2D eigenvalue weighted by Crippen LogP contribution is -2.44. The van der Waals surface area contributed by atoms with Gasteiger partial charge in [0.25, 0.3) is 0 Å². The number of anilines is 1. The number of thiazole rings is 1. The number of aryl methyl sites for hydroxylation is 2. The van der Waals surface area contributed by atoms with E-state index in [1.165, 1.54) is 22.5 Å². The Bertz CT molecular complexity index is 1130. The summed E-state index contributed by atoms with van der Waals surface area (Å²) in [6.07, 6.45) is 8.29. The first kappa shape index (κ1) is 23.8. The lowest BCUT2D eigenvalue weighted by Gasteiger charge is -2.50. The van der Waals surface area contributed by atoms with E-state index >= 15 is 0 Å². The number of rotatable bonds is 5. The molecule has 3 aliphatic carbocycles. The molecule has 0 aliphatic heterocycles. The van der Waals surface area contributed by atoms with Gasteiger partial charge in [-0.3, -0.25) is 4.79 Å². The van der Waals surface area contributed by atoms with Crippen molar-refractivity contribution in [2.75, 3.05) is 12.4 Å². The molecule has 1 amide bonds. The Hall–Kier alpha value is -1.93. The summed E-state index contributed by atoms with van der Waals surface area (Å²) in [5.41, 5.74) is 3.84. The van der Waals surface area contributed by atoms with Gasteiger partial charge in [0.15, 0.2) is 5.13 Å². The maximum atomic E-state index is 12.7.